The molecule has 3 nitrogen and oxygen atoms in total. The number of piperidine rings is 1. The van der Waals surface area contributed by atoms with Crippen molar-refractivity contribution in [1.29, 1.82) is 0 Å². The van der Waals surface area contributed by atoms with Crippen LogP contribution < -0.4 is 5.32 Å². The van der Waals surface area contributed by atoms with Crippen LogP contribution in [0, 0.1) is 5.92 Å². The molecular formula is C11H24Cl2N2O. The zero-order valence-electron chi connectivity index (χ0n) is 10.2. The van der Waals surface area contributed by atoms with E-state index in [4.69, 9.17) is 0 Å². The number of carbonyl (C=O) groups is 1. The van der Waals surface area contributed by atoms with Gasteiger partial charge in [0.25, 0.3) is 0 Å². The van der Waals surface area contributed by atoms with Gasteiger partial charge in [-0.15, -0.1) is 24.8 Å². The fourth-order valence-corrected chi connectivity index (χ4v) is 2.07. The molecule has 0 bridgehead atoms. The van der Waals surface area contributed by atoms with Gasteiger partial charge in [0, 0.05) is 20.0 Å². The number of likely N-dealkylation sites (tertiary alicyclic amines) is 1. The molecule has 1 atom stereocenters. The lowest BCUT2D eigenvalue weighted by Crippen LogP contribution is -2.36. The van der Waals surface area contributed by atoms with Crippen molar-refractivity contribution in [3.8, 4) is 0 Å². The molecule has 1 aliphatic rings. The highest BCUT2D eigenvalue weighted by atomic mass is 35.5. The second kappa shape index (κ2) is 10.2. The maximum atomic E-state index is 11.2. The Bertz CT molecular complexity index is 191. The van der Waals surface area contributed by atoms with Gasteiger partial charge in [0.1, 0.15) is 0 Å². The van der Waals surface area contributed by atoms with Gasteiger partial charge in [0.2, 0.25) is 5.91 Å². The van der Waals surface area contributed by atoms with Crippen LogP contribution in [0.1, 0.15) is 32.1 Å². The highest BCUT2D eigenvalue weighted by Crippen LogP contribution is 2.21. The number of nitrogens with one attached hydrogen (secondary N) is 1. The maximum Gasteiger partial charge on any atom is 0.222 e. The van der Waals surface area contributed by atoms with Crippen molar-refractivity contribution in [3.05, 3.63) is 0 Å². The van der Waals surface area contributed by atoms with Gasteiger partial charge in [-0.25, -0.2) is 0 Å². The molecule has 0 saturated carbocycles. The van der Waals surface area contributed by atoms with Crippen molar-refractivity contribution >= 4 is 30.7 Å². The predicted octanol–water partition coefficient (Wildman–Crippen LogP) is 2.09. The SMILES string of the molecule is CNCCCCC1CCC(=O)N(C)C1.Cl.Cl. The second-order valence-corrected chi connectivity index (χ2v) is 4.28. The van der Waals surface area contributed by atoms with Gasteiger partial charge in [-0.3, -0.25) is 4.79 Å². The van der Waals surface area contributed by atoms with Crippen molar-refractivity contribution in [2.75, 3.05) is 27.2 Å². The van der Waals surface area contributed by atoms with Gasteiger partial charge in [0.15, 0.2) is 0 Å². The van der Waals surface area contributed by atoms with Crippen LogP contribution in [0.4, 0.5) is 0 Å². The molecule has 0 radical (unpaired) electrons. The fourth-order valence-electron chi connectivity index (χ4n) is 2.07. The lowest BCUT2D eigenvalue weighted by molar-refractivity contribution is -0.133. The van der Waals surface area contributed by atoms with E-state index in [0.717, 1.165) is 31.8 Å². The number of halogens is 2. The van der Waals surface area contributed by atoms with E-state index in [1.807, 2.05) is 19.0 Å². The van der Waals surface area contributed by atoms with E-state index in [1.165, 1.54) is 19.3 Å². The van der Waals surface area contributed by atoms with E-state index in [9.17, 15) is 4.79 Å². The average Bonchev–Trinajstić information content (AvgIpc) is 2.18. The molecule has 1 amide bonds. The first-order chi connectivity index (χ1) is 6.74. The Labute approximate surface area is 111 Å². The molecule has 1 heterocycles. The Kier molecular flexibility index (Phi) is 11.7. The van der Waals surface area contributed by atoms with Crippen LogP contribution in [0.25, 0.3) is 0 Å². The van der Waals surface area contributed by atoms with Crippen LogP contribution in [-0.2, 0) is 4.79 Å². The molecule has 16 heavy (non-hydrogen) atoms. The molecule has 1 N–H and O–H groups in total. The Morgan fingerprint density at radius 3 is 2.62 bits per heavy atom. The molecule has 0 spiro atoms. The van der Waals surface area contributed by atoms with Crippen LogP contribution in [0.5, 0.6) is 0 Å². The fraction of sp³-hybridized carbons (Fsp3) is 0.909. The first-order valence-electron chi connectivity index (χ1n) is 5.62. The molecule has 1 saturated heterocycles. The van der Waals surface area contributed by atoms with Crippen molar-refractivity contribution in [1.82, 2.24) is 10.2 Å². The first-order valence-corrected chi connectivity index (χ1v) is 5.62. The Hall–Kier alpha value is 0.01000. The van der Waals surface area contributed by atoms with Crippen molar-refractivity contribution in [3.63, 3.8) is 0 Å². The summed E-state index contributed by atoms with van der Waals surface area (Å²) in [7, 11) is 3.91. The summed E-state index contributed by atoms with van der Waals surface area (Å²) in [5.74, 6) is 1.06. The van der Waals surface area contributed by atoms with Gasteiger partial charge in [-0.1, -0.05) is 6.42 Å². The summed E-state index contributed by atoms with van der Waals surface area (Å²) in [6.45, 7) is 2.08. The minimum absolute atomic E-state index is 0. The smallest absolute Gasteiger partial charge is 0.222 e. The Morgan fingerprint density at radius 1 is 1.38 bits per heavy atom. The normalized spacial score (nSPS) is 20.0. The lowest BCUT2D eigenvalue weighted by atomic mass is 9.93. The largest absolute Gasteiger partial charge is 0.345 e. The quantitative estimate of drug-likeness (QED) is 0.776. The summed E-state index contributed by atoms with van der Waals surface area (Å²) < 4.78 is 0. The predicted molar refractivity (Wildman–Crippen MR) is 72.6 cm³/mol. The van der Waals surface area contributed by atoms with Gasteiger partial charge < -0.3 is 10.2 Å². The lowest BCUT2D eigenvalue weighted by Gasteiger charge is -2.29. The van der Waals surface area contributed by atoms with Crippen molar-refractivity contribution in [2.24, 2.45) is 5.92 Å². The molecule has 5 heteroatoms. The molecule has 0 aromatic rings. The zero-order valence-corrected chi connectivity index (χ0v) is 11.8. The third-order valence-corrected chi connectivity index (χ3v) is 3.01. The number of unbranched alkanes of at least 4 members (excludes halogenated alkanes) is 1. The molecule has 0 aliphatic carbocycles. The third kappa shape index (κ3) is 6.56. The van der Waals surface area contributed by atoms with E-state index in [0.29, 0.717) is 5.91 Å². The van der Waals surface area contributed by atoms with Crippen LogP contribution in [0.2, 0.25) is 0 Å². The maximum absolute atomic E-state index is 11.2. The molecule has 1 fully saturated rings. The highest BCUT2D eigenvalue weighted by molar-refractivity contribution is 5.85. The average molecular weight is 271 g/mol. The van der Waals surface area contributed by atoms with Crippen LogP contribution in [-0.4, -0.2) is 38.0 Å². The summed E-state index contributed by atoms with van der Waals surface area (Å²) in [5.41, 5.74) is 0. The van der Waals surface area contributed by atoms with E-state index in [-0.39, 0.29) is 24.8 Å². The van der Waals surface area contributed by atoms with Crippen LogP contribution in [0.3, 0.4) is 0 Å². The molecular weight excluding hydrogens is 247 g/mol. The highest BCUT2D eigenvalue weighted by Gasteiger charge is 2.21. The molecule has 1 unspecified atom stereocenters. The summed E-state index contributed by atoms with van der Waals surface area (Å²) in [6.07, 6.45) is 5.67. The minimum Gasteiger partial charge on any atom is -0.345 e. The molecule has 98 valence electrons. The summed E-state index contributed by atoms with van der Waals surface area (Å²) >= 11 is 0. The number of carbonyl (C=O) groups excluding carboxylic acids is 1. The zero-order chi connectivity index (χ0) is 10.4. The first kappa shape index (κ1) is 18.4. The summed E-state index contributed by atoms with van der Waals surface area (Å²) in [5, 5.41) is 3.16. The second-order valence-electron chi connectivity index (χ2n) is 4.28. The van der Waals surface area contributed by atoms with Crippen molar-refractivity contribution < 1.29 is 4.79 Å². The molecule has 1 rings (SSSR count). The van der Waals surface area contributed by atoms with Gasteiger partial charge in [-0.2, -0.15) is 0 Å². The number of hydrogen-bond donors (Lipinski definition) is 1. The molecule has 0 aromatic carbocycles. The van der Waals surface area contributed by atoms with Crippen LogP contribution in [0.15, 0.2) is 0 Å². The monoisotopic (exact) mass is 270 g/mol. The molecule has 1 aliphatic heterocycles. The summed E-state index contributed by atoms with van der Waals surface area (Å²) in [4.78, 5) is 13.1. The Morgan fingerprint density at radius 2 is 2.06 bits per heavy atom. The summed E-state index contributed by atoms with van der Waals surface area (Å²) in [6, 6.07) is 0. The Balaban J connectivity index is 0. The van der Waals surface area contributed by atoms with Gasteiger partial charge >= 0.3 is 0 Å². The topological polar surface area (TPSA) is 32.3 Å². The van der Waals surface area contributed by atoms with Gasteiger partial charge in [0.05, 0.1) is 0 Å². The number of nitrogens with zero attached hydrogens (tertiary/aromatic N) is 1. The van der Waals surface area contributed by atoms with Gasteiger partial charge in [-0.05, 0) is 38.8 Å². The number of amides is 1. The van der Waals surface area contributed by atoms with E-state index >= 15 is 0 Å². The standard InChI is InChI=1S/C11H22N2O.2ClH/c1-12-8-4-3-5-10-6-7-11(14)13(2)9-10;;/h10,12H,3-9H2,1-2H3;2*1H. The number of hydrogen-bond acceptors (Lipinski definition) is 2. The van der Waals surface area contributed by atoms with E-state index in [1.54, 1.807) is 0 Å². The minimum atomic E-state index is 0. The third-order valence-electron chi connectivity index (χ3n) is 3.01. The van der Waals surface area contributed by atoms with Crippen molar-refractivity contribution in [2.45, 2.75) is 32.1 Å². The van der Waals surface area contributed by atoms with E-state index in [2.05, 4.69) is 5.32 Å². The van der Waals surface area contributed by atoms with E-state index < -0.39 is 0 Å². The number of rotatable bonds is 5. The molecule has 0 aromatic heterocycles. The van der Waals surface area contributed by atoms with Crippen LogP contribution >= 0.6 is 24.8 Å².